The van der Waals surface area contributed by atoms with E-state index in [2.05, 4.69) is 39.1 Å². The van der Waals surface area contributed by atoms with Crippen molar-refractivity contribution in [3.63, 3.8) is 0 Å². The van der Waals surface area contributed by atoms with Gasteiger partial charge in [0, 0.05) is 18.9 Å². The van der Waals surface area contributed by atoms with Crippen molar-refractivity contribution < 1.29 is 0 Å². The summed E-state index contributed by atoms with van der Waals surface area (Å²) >= 11 is 0. The second-order valence-corrected chi connectivity index (χ2v) is 3.87. The Morgan fingerprint density at radius 3 is 2.62 bits per heavy atom. The molecule has 0 bridgehead atoms. The van der Waals surface area contributed by atoms with Crippen LogP contribution in [0.4, 0.5) is 0 Å². The molecule has 0 spiro atoms. The van der Waals surface area contributed by atoms with Gasteiger partial charge in [0.1, 0.15) is 5.82 Å². The minimum atomic E-state index is 0.314. The Morgan fingerprint density at radius 2 is 2.06 bits per heavy atom. The van der Waals surface area contributed by atoms with Gasteiger partial charge in [-0.1, -0.05) is 30.3 Å². The molecule has 3 nitrogen and oxygen atoms in total. The number of imidazole rings is 1. The molecule has 3 heteroatoms. The quantitative estimate of drug-likeness (QED) is 0.845. The molecule has 1 aromatic carbocycles. The molecule has 1 aromatic heterocycles. The van der Waals surface area contributed by atoms with Gasteiger partial charge in [0.05, 0.1) is 6.04 Å². The van der Waals surface area contributed by atoms with Gasteiger partial charge >= 0.3 is 0 Å². The van der Waals surface area contributed by atoms with Crippen LogP contribution in [0.5, 0.6) is 0 Å². The molecule has 0 fully saturated rings. The Balaban J connectivity index is 2.35. The van der Waals surface area contributed by atoms with Crippen molar-refractivity contribution in [3.05, 3.63) is 54.1 Å². The summed E-state index contributed by atoms with van der Waals surface area (Å²) in [4.78, 5) is 4.28. The Kier molecular flexibility index (Phi) is 3.37. The number of benzene rings is 1. The number of nitrogens with one attached hydrogen (secondary N) is 1. The minimum absolute atomic E-state index is 0.314. The predicted molar refractivity (Wildman–Crippen MR) is 65.5 cm³/mol. The van der Waals surface area contributed by atoms with E-state index in [-0.39, 0.29) is 0 Å². The number of aryl methyl sites for hydroxylation is 1. The molecule has 0 saturated heterocycles. The van der Waals surface area contributed by atoms with Gasteiger partial charge in [0.2, 0.25) is 0 Å². The van der Waals surface area contributed by atoms with Crippen LogP contribution in [0.2, 0.25) is 0 Å². The van der Waals surface area contributed by atoms with Crippen molar-refractivity contribution >= 4 is 0 Å². The number of hydrogen-bond acceptors (Lipinski definition) is 2. The maximum absolute atomic E-state index is 4.28. The average molecular weight is 215 g/mol. The topological polar surface area (TPSA) is 29.9 Å². The highest BCUT2D eigenvalue weighted by Crippen LogP contribution is 2.18. The molecular weight excluding hydrogens is 198 g/mol. The normalized spacial score (nSPS) is 12.6. The van der Waals surface area contributed by atoms with Crippen LogP contribution in [0, 0.1) is 6.92 Å². The van der Waals surface area contributed by atoms with Crippen LogP contribution in [-0.4, -0.2) is 23.1 Å². The molecule has 0 aliphatic carbocycles. The van der Waals surface area contributed by atoms with Crippen LogP contribution >= 0.6 is 0 Å². The lowest BCUT2D eigenvalue weighted by Crippen LogP contribution is -2.23. The zero-order chi connectivity index (χ0) is 11.4. The summed E-state index contributed by atoms with van der Waals surface area (Å²) in [5, 5.41) is 3.23. The van der Waals surface area contributed by atoms with Crippen LogP contribution in [0.1, 0.15) is 17.4 Å². The lowest BCUT2D eigenvalue weighted by atomic mass is 10.1. The molecule has 1 heterocycles. The molecule has 0 saturated carbocycles. The van der Waals surface area contributed by atoms with Crippen molar-refractivity contribution in [3.8, 4) is 0 Å². The summed E-state index contributed by atoms with van der Waals surface area (Å²) in [5.74, 6) is 1.05. The van der Waals surface area contributed by atoms with Gasteiger partial charge in [0.15, 0.2) is 0 Å². The summed E-state index contributed by atoms with van der Waals surface area (Å²) in [7, 11) is 1.97. The molecule has 84 valence electrons. The first-order valence-electron chi connectivity index (χ1n) is 5.52. The van der Waals surface area contributed by atoms with E-state index in [1.165, 1.54) is 5.56 Å². The van der Waals surface area contributed by atoms with E-state index in [4.69, 9.17) is 0 Å². The maximum atomic E-state index is 4.28. The molecule has 16 heavy (non-hydrogen) atoms. The number of nitrogens with zero attached hydrogens (tertiary/aromatic N) is 2. The summed E-state index contributed by atoms with van der Waals surface area (Å²) in [6.45, 7) is 2.94. The smallest absolute Gasteiger partial charge is 0.106 e. The Bertz CT molecular complexity index is 433. The van der Waals surface area contributed by atoms with E-state index < -0.39 is 0 Å². The molecule has 2 rings (SSSR count). The first-order chi connectivity index (χ1) is 7.83. The van der Waals surface area contributed by atoms with Gasteiger partial charge in [-0.2, -0.15) is 0 Å². The van der Waals surface area contributed by atoms with Gasteiger partial charge in [-0.25, -0.2) is 4.98 Å². The highest BCUT2D eigenvalue weighted by Gasteiger charge is 2.13. The third kappa shape index (κ3) is 2.14. The molecule has 1 atom stereocenters. The number of rotatable bonds is 4. The van der Waals surface area contributed by atoms with E-state index in [0.717, 1.165) is 12.4 Å². The predicted octanol–water partition coefficient (Wildman–Crippen LogP) is 2.00. The maximum Gasteiger partial charge on any atom is 0.106 e. The lowest BCUT2D eigenvalue weighted by Gasteiger charge is -2.20. The third-order valence-electron chi connectivity index (χ3n) is 2.78. The zero-order valence-corrected chi connectivity index (χ0v) is 9.72. The van der Waals surface area contributed by atoms with Crippen LogP contribution in [0.3, 0.4) is 0 Å². The van der Waals surface area contributed by atoms with Crippen LogP contribution in [0.15, 0.2) is 42.7 Å². The Hall–Kier alpha value is -1.61. The second-order valence-electron chi connectivity index (χ2n) is 3.87. The van der Waals surface area contributed by atoms with E-state index in [9.17, 15) is 0 Å². The van der Waals surface area contributed by atoms with E-state index in [1.54, 1.807) is 0 Å². The molecule has 0 radical (unpaired) electrons. The van der Waals surface area contributed by atoms with Gasteiger partial charge in [-0.3, -0.25) is 0 Å². The third-order valence-corrected chi connectivity index (χ3v) is 2.78. The van der Waals surface area contributed by atoms with Gasteiger partial charge < -0.3 is 9.88 Å². The SMILES string of the molecule is CNCC(c1ccccc1)n1ccnc1C. The fraction of sp³-hybridized carbons (Fsp3) is 0.308. The summed E-state index contributed by atoms with van der Waals surface area (Å²) in [6, 6.07) is 10.8. The molecular formula is C13H17N3. The van der Waals surface area contributed by atoms with Crippen molar-refractivity contribution in [2.75, 3.05) is 13.6 Å². The largest absolute Gasteiger partial charge is 0.326 e. The van der Waals surface area contributed by atoms with E-state index >= 15 is 0 Å². The highest BCUT2D eigenvalue weighted by molar-refractivity contribution is 5.21. The molecule has 1 N–H and O–H groups in total. The summed E-state index contributed by atoms with van der Waals surface area (Å²) in [5.41, 5.74) is 1.30. The van der Waals surface area contributed by atoms with Crippen molar-refractivity contribution in [2.45, 2.75) is 13.0 Å². The van der Waals surface area contributed by atoms with Crippen LogP contribution in [-0.2, 0) is 0 Å². The van der Waals surface area contributed by atoms with Gasteiger partial charge in [-0.15, -0.1) is 0 Å². The van der Waals surface area contributed by atoms with Gasteiger partial charge in [-0.05, 0) is 19.5 Å². The number of likely N-dealkylation sites (N-methyl/N-ethyl adjacent to an activating group) is 1. The summed E-state index contributed by atoms with van der Waals surface area (Å²) < 4.78 is 2.20. The number of hydrogen-bond donors (Lipinski definition) is 1. The van der Waals surface area contributed by atoms with E-state index in [0.29, 0.717) is 6.04 Å². The monoisotopic (exact) mass is 215 g/mol. The van der Waals surface area contributed by atoms with Crippen LogP contribution < -0.4 is 5.32 Å². The molecule has 0 aliphatic rings. The molecule has 0 amide bonds. The molecule has 0 aliphatic heterocycles. The second kappa shape index (κ2) is 4.94. The first kappa shape index (κ1) is 10.9. The average Bonchev–Trinajstić information content (AvgIpc) is 2.73. The minimum Gasteiger partial charge on any atom is -0.326 e. The molecule has 1 unspecified atom stereocenters. The lowest BCUT2D eigenvalue weighted by molar-refractivity contribution is 0.538. The first-order valence-corrected chi connectivity index (χ1v) is 5.52. The Labute approximate surface area is 96.1 Å². The fourth-order valence-corrected chi connectivity index (χ4v) is 1.96. The molecule has 2 aromatic rings. The van der Waals surface area contributed by atoms with Gasteiger partial charge in [0.25, 0.3) is 0 Å². The van der Waals surface area contributed by atoms with E-state index in [1.807, 2.05) is 32.4 Å². The van der Waals surface area contributed by atoms with Crippen LogP contribution in [0.25, 0.3) is 0 Å². The van der Waals surface area contributed by atoms with Crippen molar-refractivity contribution in [1.29, 1.82) is 0 Å². The van der Waals surface area contributed by atoms with Crippen molar-refractivity contribution in [1.82, 2.24) is 14.9 Å². The van der Waals surface area contributed by atoms with Crippen molar-refractivity contribution in [2.24, 2.45) is 0 Å². The zero-order valence-electron chi connectivity index (χ0n) is 9.72. The summed E-state index contributed by atoms with van der Waals surface area (Å²) in [6.07, 6.45) is 3.88. The standard InChI is InChI=1S/C13H17N3/c1-11-15-8-9-16(11)13(10-14-2)12-6-4-3-5-7-12/h3-9,13-14H,10H2,1-2H3. The highest BCUT2D eigenvalue weighted by atomic mass is 15.1. The fourth-order valence-electron chi connectivity index (χ4n) is 1.96. The number of aromatic nitrogens is 2. The Morgan fingerprint density at radius 1 is 1.31 bits per heavy atom.